The first-order chi connectivity index (χ1) is 9.28. The number of hydrogen-bond acceptors (Lipinski definition) is 2. The summed E-state index contributed by atoms with van der Waals surface area (Å²) in [6.07, 6.45) is 4.46. The molecule has 4 atom stereocenters. The van der Waals surface area contributed by atoms with Gasteiger partial charge in [0.15, 0.2) is 0 Å². The molecular weight excluding hydrogens is 258 g/mol. The number of methoxy groups -OCH3 is 1. The summed E-state index contributed by atoms with van der Waals surface area (Å²) >= 11 is 6.07. The van der Waals surface area contributed by atoms with Crippen LogP contribution in [0.5, 0.6) is 5.75 Å². The van der Waals surface area contributed by atoms with Crippen molar-refractivity contribution in [2.45, 2.75) is 31.8 Å². The standard InChI is InChI=1S/C16H20ClNO/c1-19-13-5-4-12(17)7-11(13)8-18-16-14-9-2-3-10(6-9)15(14)16/h4-5,7,9-10,14-16,18H,2-3,6,8H2,1H3. The molecule has 3 heteroatoms. The fraction of sp³-hybridized carbons (Fsp3) is 0.625. The average molecular weight is 278 g/mol. The van der Waals surface area contributed by atoms with Crippen molar-refractivity contribution in [2.24, 2.45) is 23.7 Å². The number of rotatable bonds is 4. The predicted molar refractivity (Wildman–Crippen MR) is 76.4 cm³/mol. The summed E-state index contributed by atoms with van der Waals surface area (Å²) in [5.41, 5.74) is 1.17. The summed E-state index contributed by atoms with van der Waals surface area (Å²) in [6.45, 7) is 0.876. The molecule has 2 nitrogen and oxygen atoms in total. The van der Waals surface area contributed by atoms with Crippen LogP contribution in [0.25, 0.3) is 0 Å². The molecule has 19 heavy (non-hydrogen) atoms. The lowest BCUT2D eigenvalue weighted by molar-refractivity contribution is 0.404. The molecule has 0 aromatic heterocycles. The van der Waals surface area contributed by atoms with Gasteiger partial charge in [-0.1, -0.05) is 11.6 Å². The molecule has 4 rings (SSSR count). The second kappa shape index (κ2) is 4.39. The topological polar surface area (TPSA) is 21.3 Å². The fourth-order valence-corrected chi connectivity index (χ4v) is 4.91. The van der Waals surface area contributed by atoms with E-state index in [4.69, 9.17) is 16.3 Å². The van der Waals surface area contributed by atoms with Gasteiger partial charge in [0.1, 0.15) is 5.75 Å². The molecule has 0 radical (unpaired) electrons. The molecule has 1 aromatic carbocycles. The van der Waals surface area contributed by atoms with Gasteiger partial charge in [0, 0.05) is 23.2 Å². The predicted octanol–water partition coefficient (Wildman–Crippen LogP) is 3.48. The Bertz CT molecular complexity index is 488. The number of nitrogens with one attached hydrogen (secondary N) is 1. The molecule has 0 saturated heterocycles. The summed E-state index contributed by atoms with van der Waals surface area (Å²) in [4.78, 5) is 0. The van der Waals surface area contributed by atoms with E-state index < -0.39 is 0 Å². The zero-order chi connectivity index (χ0) is 13.0. The Morgan fingerprint density at radius 3 is 2.68 bits per heavy atom. The molecule has 3 saturated carbocycles. The molecule has 1 aromatic rings. The van der Waals surface area contributed by atoms with Crippen LogP contribution in [0, 0.1) is 23.7 Å². The lowest BCUT2D eigenvalue weighted by atomic mass is 10.0. The van der Waals surface area contributed by atoms with Crippen LogP contribution in [-0.2, 0) is 6.54 Å². The minimum Gasteiger partial charge on any atom is -0.496 e. The minimum absolute atomic E-state index is 0.759. The van der Waals surface area contributed by atoms with Crippen LogP contribution in [0.2, 0.25) is 5.02 Å². The number of ether oxygens (including phenoxy) is 1. The van der Waals surface area contributed by atoms with Crippen LogP contribution in [-0.4, -0.2) is 13.2 Å². The van der Waals surface area contributed by atoms with E-state index in [0.29, 0.717) is 0 Å². The average Bonchev–Trinajstić information content (AvgIpc) is 2.80. The van der Waals surface area contributed by atoms with Crippen molar-refractivity contribution in [1.82, 2.24) is 5.32 Å². The molecule has 2 bridgehead atoms. The minimum atomic E-state index is 0.759. The molecular formula is C16H20ClNO. The Hall–Kier alpha value is -0.730. The molecule has 0 spiro atoms. The summed E-state index contributed by atoms with van der Waals surface area (Å²) in [7, 11) is 1.72. The summed E-state index contributed by atoms with van der Waals surface area (Å²) < 4.78 is 5.40. The Balaban J connectivity index is 1.42. The van der Waals surface area contributed by atoms with Crippen LogP contribution in [0.4, 0.5) is 0 Å². The van der Waals surface area contributed by atoms with Crippen molar-refractivity contribution in [3.05, 3.63) is 28.8 Å². The molecule has 3 aliphatic carbocycles. The van der Waals surface area contributed by atoms with Gasteiger partial charge in [-0.25, -0.2) is 0 Å². The van der Waals surface area contributed by atoms with Crippen molar-refractivity contribution >= 4 is 11.6 Å². The van der Waals surface area contributed by atoms with Crippen molar-refractivity contribution in [3.63, 3.8) is 0 Å². The van der Waals surface area contributed by atoms with E-state index in [1.807, 2.05) is 18.2 Å². The lowest BCUT2D eigenvalue weighted by Crippen LogP contribution is -2.22. The summed E-state index contributed by atoms with van der Waals surface area (Å²) in [5.74, 6) is 4.93. The lowest BCUT2D eigenvalue weighted by Gasteiger charge is -2.13. The number of halogens is 1. The molecule has 4 unspecified atom stereocenters. The maximum atomic E-state index is 6.07. The zero-order valence-corrected chi connectivity index (χ0v) is 12.0. The summed E-state index contributed by atoms with van der Waals surface area (Å²) in [6, 6.07) is 6.61. The van der Waals surface area contributed by atoms with Gasteiger partial charge in [-0.3, -0.25) is 0 Å². The Morgan fingerprint density at radius 1 is 1.26 bits per heavy atom. The number of benzene rings is 1. The Kier molecular flexibility index (Phi) is 2.78. The van der Waals surface area contributed by atoms with E-state index in [1.54, 1.807) is 7.11 Å². The summed E-state index contributed by atoms with van der Waals surface area (Å²) in [5, 5.41) is 4.52. The van der Waals surface area contributed by atoms with Gasteiger partial charge < -0.3 is 10.1 Å². The van der Waals surface area contributed by atoms with Crippen molar-refractivity contribution < 1.29 is 4.74 Å². The number of hydrogen-bond donors (Lipinski definition) is 1. The quantitative estimate of drug-likeness (QED) is 0.910. The molecule has 0 heterocycles. The Morgan fingerprint density at radius 2 is 2.00 bits per heavy atom. The molecule has 1 N–H and O–H groups in total. The highest BCUT2D eigenvalue weighted by Gasteiger charge is 2.64. The molecule has 3 aliphatic rings. The van der Waals surface area contributed by atoms with Crippen LogP contribution in [0.1, 0.15) is 24.8 Å². The first-order valence-corrected chi connectivity index (χ1v) is 7.71. The van der Waals surface area contributed by atoms with Crippen LogP contribution in [0.3, 0.4) is 0 Å². The molecule has 0 aliphatic heterocycles. The second-order valence-corrected chi connectivity index (χ2v) is 6.79. The second-order valence-electron chi connectivity index (χ2n) is 6.35. The van der Waals surface area contributed by atoms with Gasteiger partial charge in [-0.05, 0) is 61.1 Å². The fourth-order valence-electron chi connectivity index (χ4n) is 4.71. The first-order valence-electron chi connectivity index (χ1n) is 7.33. The number of fused-ring (bicyclic) bond motifs is 5. The Labute approximate surface area is 119 Å². The maximum absolute atomic E-state index is 6.07. The highest BCUT2D eigenvalue weighted by Crippen LogP contribution is 2.65. The van der Waals surface area contributed by atoms with Gasteiger partial charge in [0.05, 0.1) is 7.11 Å². The van der Waals surface area contributed by atoms with Crippen LogP contribution < -0.4 is 10.1 Å². The normalized spacial score (nSPS) is 38.3. The third-order valence-electron chi connectivity index (χ3n) is 5.51. The van der Waals surface area contributed by atoms with E-state index in [-0.39, 0.29) is 0 Å². The van der Waals surface area contributed by atoms with Crippen LogP contribution >= 0.6 is 11.6 Å². The molecule has 0 amide bonds. The van der Waals surface area contributed by atoms with Gasteiger partial charge in [0.25, 0.3) is 0 Å². The largest absolute Gasteiger partial charge is 0.496 e. The van der Waals surface area contributed by atoms with E-state index in [9.17, 15) is 0 Å². The van der Waals surface area contributed by atoms with Gasteiger partial charge in [0.2, 0.25) is 0 Å². The monoisotopic (exact) mass is 277 g/mol. The molecule has 3 fully saturated rings. The van der Waals surface area contributed by atoms with Crippen molar-refractivity contribution in [1.29, 1.82) is 0 Å². The van der Waals surface area contributed by atoms with E-state index in [2.05, 4.69) is 5.32 Å². The van der Waals surface area contributed by atoms with E-state index in [0.717, 1.165) is 47.0 Å². The zero-order valence-electron chi connectivity index (χ0n) is 11.2. The van der Waals surface area contributed by atoms with Crippen molar-refractivity contribution in [2.75, 3.05) is 7.11 Å². The molecule has 102 valence electrons. The van der Waals surface area contributed by atoms with E-state index >= 15 is 0 Å². The highest BCUT2D eigenvalue weighted by atomic mass is 35.5. The third kappa shape index (κ3) is 1.88. The maximum Gasteiger partial charge on any atom is 0.123 e. The van der Waals surface area contributed by atoms with Crippen LogP contribution in [0.15, 0.2) is 18.2 Å². The van der Waals surface area contributed by atoms with Gasteiger partial charge >= 0.3 is 0 Å². The SMILES string of the molecule is COc1ccc(Cl)cc1CNC1C2C3CCC(C3)C12. The van der Waals surface area contributed by atoms with E-state index in [1.165, 1.54) is 24.8 Å². The van der Waals surface area contributed by atoms with Gasteiger partial charge in [-0.2, -0.15) is 0 Å². The highest BCUT2D eigenvalue weighted by molar-refractivity contribution is 6.30. The first kappa shape index (κ1) is 12.0. The van der Waals surface area contributed by atoms with Crippen molar-refractivity contribution in [3.8, 4) is 5.75 Å². The van der Waals surface area contributed by atoms with Gasteiger partial charge in [-0.15, -0.1) is 0 Å². The smallest absolute Gasteiger partial charge is 0.123 e. The third-order valence-corrected chi connectivity index (χ3v) is 5.74.